The minimum absolute atomic E-state index is 0.199. The summed E-state index contributed by atoms with van der Waals surface area (Å²) in [6.45, 7) is 4.39. The van der Waals surface area contributed by atoms with Gasteiger partial charge in [-0.15, -0.1) is 0 Å². The number of carbonyl (C=O) groups is 1. The first-order valence-corrected chi connectivity index (χ1v) is 5.80. The van der Waals surface area contributed by atoms with Crippen LogP contribution in [0.3, 0.4) is 0 Å². The topological polar surface area (TPSA) is 26.3 Å². The Labute approximate surface area is 88.5 Å². The monoisotopic (exact) mass is 248 g/mol. The van der Waals surface area contributed by atoms with Gasteiger partial charge in [0, 0.05) is 10.9 Å². The summed E-state index contributed by atoms with van der Waals surface area (Å²) in [5, 5.41) is 0.579. The molecule has 0 atom stereocenters. The van der Waals surface area contributed by atoms with Crippen LogP contribution in [-0.2, 0) is 9.53 Å². The largest absolute Gasteiger partial charge is 0.463 e. The highest BCUT2D eigenvalue weighted by atomic mass is 79.9. The molecule has 0 saturated carbocycles. The average Bonchev–Trinajstić information content (AvgIpc) is 2.13. The minimum atomic E-state index is -0.199. The van der Waals surface area contributed by atoms with Crippen molar-refractivity contribution in [1.29, 1.82) is 0 Å². The predicted octanol–water partition coefficient (Wildman–Crippen LogP) is 3.06. The normalized spacial score (nSPS) is 11.5. The van der Waals surface area contributed by atoms with Crippen LogP contribution in [0.1, 0.15) is 33.1 Å². The fraction of sp³-hybridized carbons (Fsp3) is 0.700. The molecule has 76 valence electrons. The van der Waals surface area contributed by atoms with E-state index in [9.17, 15) is 4.79 Å². The SMILES string of the molecule is CCCC/C=C(\CBr)C(=O)OCC. The lowest BCUT2D eigenvalue weighted by atomic mass is 10.2. The molecule has 0 aromatic heterocycles. The molecule has 2 nitrogen and oxygen atoms in total. The second-order valence-electron chi connectivity index (χ2n) is 2.73. The Bertz CT molecular complexity index is 176. The number of ether oxygens (including phenoxy) is 1. The fourth-order valence-corrected chi connectivity index (χ4v) is 1.35. The second-order valence-corrected chi connectivity index (χ2v) is 3.29. The van der Waals surface area contributed by atoms with Gasteiger partial charge in [-0.05, 0) is 13.3 Å². The number of carbonyl (C=O) groups excluding carboxylic acids is 1. The van der Waals surface area contributed by atoms with Crippen molar-refractivity contribution in [1.82, 2.24) is 0 Å². The molecule has 0 rings (SSSR count). The molecule has 3 heteroatoms. The Morgan fingerprint density at radius 3 is 2.62 bits per heavy atom. The van der Waals surface area contributed by atoms with Gasteiger partial charge in [-0.2, -0.15) is 0 Å². The van der Waals surface area contributed by atoms with Gasteiger partial charge in [-0.3, -0.25) is 0 Å². The number of unbranched alkanes of at least 4 members (excludes halogenated alkanes) is 2. The van der Waals surface area contributed by atoms with Gasteiger partial charge < -0.3 is 4.74 Å². The maximum Gasteiger partial charge on any atom is 0.334 e. The van der Waals surface area contributed by atoms with Crippen molar-refractivity contribution < 1.29 is 9.53 Å². The fourth-order valence-electron chi connectivity index (χ4n) is 0.897. The van der Waals surface area contributed by atoms with Gasteiger partial charge in [0.25, 0.3) is 0 Å². The highest BCUT2D eigenvalue weighted by molar-refractivity contribution is 9.09. The average molecular weight is 249 g/mol. The van der Waals surface area contributed by atoms with Crippen molar-refractivity contribution >= 4 is 21.9 Å². The van der Waals surface area contributed by atoms with E-state index in [0.29, 0.717) is 11.9 Å². The van der Waals surface area contributed by atoms with E-state index in [1.807, 2.05) is 13.0 Å². The molecule has 0 aliphatic rings. The van der Waals surface area contributed by atoms with E-state index in [2.05, 4.69) is 22.9 Å². The summed E-state index contributed by atoms with van der Waals surface area (Å²) in [5.74, 6) is -0.199. The van der Waals surface area contributed by atoms with Gasteiger partial charge >= 0.3 is 5.97 Å². The zero-order valence-corrected chi connectivity index (χ0v) is 9.89. The van der Waals surface area contributed by atoms with Crippen LogP contribution in [0.25, 0.3) is 0 Å². The van der Waals surface area contributed by atoms with Gasteiger partial charge in [-0.25, -0.2) is 4.79 Å². The third kappa shape index (κ3) is 5.86. The molecule has 0 N–H and O–H groups in total. The quantitative estimate of drug-likeness (QED) is 0.313. The lowest BCUT2D eigenvalue weighted by molar-refractivity contribution is -0.138. The summed E-state index contributed by atoms with van der Waals surface area (Å²) in [5.41, 5.74) is 0.732. The molecule has 0 aliphatic carbocycles. The highest BCUT2D eigenvalue weighted by Crippen LogP contribution is 2.06. The van der Waals surface area contributed by atoms with Gasteiger partial charge in [0.05, 0.1) is 6.61 Å². The Morgan fingerprint density at radius 2 is 2.15 bits per heavy atom. The van der Waals surface area contributed by atoms with Crippen molar-refractivity contribution in [2.45, 2.75) is 33.1 Å². The van der Waals surface area contributed by atoms with Crippen molar-refractivity contribution in [3.05, 3.63) is 11.6 Å². The van der Waals surface area contributed by atoms with E-state index < -0.39 is 0 Å². The molecule has 0 aliphatic heterocycles. The Hall–Kier alpha value is -0.310. The van der Waals surface area contributed by atoms with Gasteiger partial charge in [0.2, 0.25) is 0 Å². The van der Waals surface area contributed by atoms with Gasteiger partial charge in [-0.1, -0.05) is 41.8 Å². The number of hydrogen-bond donors (Lipinski definition) is 0. The Kier molecular flexibility index (Phi) is 8.10. The van der Waals surface area contributed by atoms with Crippen LogP contribution in [0.15, 0.2) is 11.6 Å². The minimum Gasteiger partial charge on any atom is -0.463 e. The number of alkyl halides is 1. The van der Waals surface area contributed by atoms with E-state index in [0.717, 1.165) is 24.8 Å². The lowest BCUT2D eigenvalue weighted by Gasteiger charge is -2.02. The molecule has 0 amide bonds. The number of rotatable bonds is 6. The molecule has 0 radical (unpaired) electrons. The van der Waals surface area contributed by atoms with E-state index in [1.165, 1.54) is 0 Å². The molecule has 0 spiro atoms. The van der Waals surface area contributed by atoms with Crippen LogP contribution in [0.2, 0.25) is 0 Å². The molecule has 13 heavy (non-hydrogen) atoms. The van der Waals surface area contributed by atoms with E-state index in [-0.39, 0.29) is 5.97 Å². The summed E-state index contributed by atoms with van der Waals surface area (Å²) in [4.78, 5) is 11.2. The molecule has 0 aromatic carbocycles. The van der Waals surface area contributed by atoms with Gasteiger partial charge in [0.15, 0.2) is 0 Å². The van der Waals surface area contributed by atoms with Crippen LogP contribution in [0.5, 0.6) is 0 Å². The molecule has 0 bridgehead atoms. The Morgan fingerprint density at radius 1 is 1.46 bits per heavy atom. The molecular weight excluding hydrogens is 232 g/mol. The summed E-state index contributed by atoms with van der Waals surface area (Å²) < 4.78 is 4.89. The second kappa shape index (κ2) is 8.30. The number of hydrogen-bond acceptors (Lipinski definition) is 2. The van der Waals surface area contributed by atoms with E-state index in [4.69, 9.17) is 4.74 Å². The molecule has 0 saturated heterocycles. The summed E-state index contributed by atoms with van der Waals surface area (Å²) in [6.07, 6.45) is 5.18. The van der Waals surface area contributed by atoms with Crippen LogP contribution < -0.4 is 0 Å². The van der Waals surface area contributed by atoms with Crippen molar-refractivity contribution in [3.8, 4) is 0 Å². The zero-order valence-electron chi connectivity index (χ0n) is 8.31. The zero-order chi connectivity index (χ0) is 10.1. The van der Waals surface area contributed by atoms with Crippen LogP contribution >= 0.6 is 15.9 Å². The Balaban J connectivity index is 3.99. The first kappa shape index (κ1) is 12.7. The van der Waals surface area contributed by atoms with Crippen LogP contribution in [-0.4, -0.2) is 17.9 Å². The first-order chi connectivity index (χ1) is 6.26. The van der Waals surface area contributed by atoms with E-state index >= 15 is 0 Å². The van der Waals surface area contributed by atoms with Crippen molar-refractivity contribution in [2.75, 3.05) is 11.9 Å². The molecule has 0 aromatic rings. The molecule has 0 unspecified atom stereocenters. The first-order valence-electron chi connectivity index (χ1n) is 4.68. The third-order valence-electron chi connectivity index (χ3n) is 1.63. The standard InChI is InChI=1S/C10H17BrO2/c1-3-5-6-7-9(8-11)10(12)13-4-2/h7H,3-6,8H2,1-2H3/b9-7+. The maximum absolute atomic E-state index is 11.2. The maximum atomic E-state index is 11.2. The summed E-state index contributed by atoms with van der Waals surface area (Å²) in [7, 11) is 0. The third-order valence-corrected chi connectivity index (χ3v) is 2.23. The molecular formula is C10H17BrO2. The molecule has 0 heterocycles. The van der Waals surface area contributed by atoms with E-state index in [1.54, 1.807) is 0 Å². The highest BCUT2D eigenvalue weighted by Gasteiger charge is 2.07. The lowest BCUT2D eigenvalue weighted by Crippen LogP contribution is -2.08. The molecule has 0 fully saturated rings. The van der Waals surface area contributed by atoms with Crippen molar-refractivity contribution in [3.63, 3.8) is 0 Å². The smallest absolute Gasteiger partial charge is 0.334 e. The summed E-state index contributed by atoms with van der Waals surface area (Å²) >= 11 is 3.27. The number of halogens is 1. The summed E-state index contributed by atoms with van der Waals surface area (Å²) in [6, 6.07) is 0. The van der Waals surface area contributed by atoms with Crippen molar-refractivity contribution in [2.24, 2.45) is 0 Å². The predicted molar refractivity (Wildman–Crippen MR) is 58.0 cm³/mol. The van der Waals surface area contributed by atoms with Gasteiger partial charge in [0.1, 0.15) is 0 Å². The van der Waals surface area contributed by atoms with Crippen LogP contribution in [0, 0.1) is 0 Å². The van der Waals surface area contributed by atoms with Crippen LogP contribution in [0.4, 0.5) is 0 Å². The number of esters is 1. The number of allylic oxidation sites excluding steroid dienone is 1.